The molecule has 1 aromatic heterocycles. The maximum atomic E-state index is 10.5. The van der Waals surface area contributed by atoms with Crippen LogP contribution in [0, 0.1) is 0 Å². The van der Waals surface area contributed by atoms with E-state index in [1.54, 1.807) is 4.68 Å². The Hall–Kier alpha value is -1.04. The van der Waals surface area contributed by atoms with E-state index in [1.807, 2.05) is 11.8 Å². The van der Waals surface area contributed by atoms with Crippen LogP contribution in [-0.4, -0.2) is 37.1 Å². The highest BCUT2D eigenvalue weighted by molar-refractivity contribution is 7.99. The van der Waals surface area contributed by atoms with Crippen LogP contribution in [0.15, 0.2) is 6.20 Å². The molecule has 14 heavy (non-hydrogen) atoms. The van der Waals surface area contributed by atoms with Crippen molar-refractivity contribution in [3.05, 3.63) is 11.9 Å². The quantitative estimate of drug-likeness (QED) is 0.797. The van der Waals surface area contributed by atoms with Gasteiger partial charge in [0.25, 0.3) is 0 Å². The van der Waals surface area contributed by atoms with Gasteiger partial charge in [0.2, 0.25) is 0 Å². The molecule has 0 fully saturated rings. The molecule has 0 spiro atoms. The lowest BCUT2D eigenvalue weighted by molar-refractivity contribution is 0.0690. The minimum Gasteiger partial charge on any atom is -0.476 e. The van der Waals surface area contributed by atoms with Crippen molar-refractivity contribution in [3.8, 4) is 0 Å². The molecule has 0 saturated carbocycles. The van der Waals surface area contributed by atoms with Crippen LogP contribution in [0.2, 0.25) is 0 Å². The van der Waals surface area contributed by atoms with Gasteiger partial charge in [-0.3, -0.25) is 4.68 Å². The van der Waals surface area contributed by atoms with E-state index in [2.05, 4.69) is 24.2 Å². The normalized spacial score (nSPS) is 10.8. The van der Waals surface area contributed by atoms with Gasteiger partial charge in [-0.2, -0.15) is 11.8 Å². The summed E-state index contributed by atoms with van der Waals surface area (Å²) < 4.78 is 1.55. The predicted molar refractivity (Wildman–Crippen MR) is 54.6 cm³/mol. The molecule has 0 aliphatic carbocycles. The van der Waals surface area contributed by atoms with E-state index in [0.717, 1.165) is 5.75 Å². The zero-order valence-corrected chi connectivity index (χ0v) is 8.99. The number of carbonyl (C=O) groups is 1. The van der Waals surface area contributed by atoms with Crippen molar-refractivity contribution in [2.75, 3.05) is 5.75 Å². The van der Waals surface area contributed by atoms with Gasteiger partial charge < -0.3 is 5.11 Å². The van der Waals surface area contributed by atoms with Gasteiger partial charge in [0, 0.05) is 5.75 Å². The van der Waals surface area contributed by atoms with Gasteiger partial charge in [-0.1, -0.05) is 19.1 Å². The third-order valence-corrected chi connectivity index (χ3v) is 2.61. The molecule has 78 valence electrons. The minimum atomic E-state index is -1.03. The Morgan fingerprint density at radius 2 is 2.43 bits per heavy atom. The molecule has 6 heteroatoms. The zero-order chi connectivity index (χ0) is 10.6. The highest BCUT2D eigenvalue weighted by Gasteiger charge is 2.07. The monoisotopic (exact) mass is 215 g/mol. The van der Waals surface area contributed by atoms with Crippen molar-refractivity contribution in [2.45, 2.75) is 25.6 Å². The van der Waals surface area contributed by atoms with E-state index < -0.39 is 5.97 Å². The summed E-state index contributed by atoms with van der Waals surface area (Å²) in [7, 11) is 0. The predicted octanol–water partition coefficient (Wildman–Crippen LogP) is 1.12. The van der Waals surface area contributed by atoms with Crippen LogP contribution in [0.3, 0.4) is 0 Å². The summed E-state index contributed by atoms with van der Waals surface area (Å²) in [6.07, 6.45) is 1.45. The summed E-state index contributed by atoms with van der Waals surface area (Å²) in [6, 6.07) is 0. The summed E-state index contributed by atoms with van der Waals surface area (Å²) >= 11 is 1.81. The van der Waals surface area contributed by atoms with Gasteiger partial charge in [-0.25, -0.2) is 4.79 Å². The summed E-state index contributed by atoms with van der Waals surface area (Å²) in [5.74, 6) is -0.118. The molecule has 0 atom stereocenters. The molecule has 0 aromatic carbocycles. The molecule has 0 saturated heterocycles. The van der Waals surface area contributed by atoms with E-state index >= 15 is 0 Å². The SMILES string of the molecule is CC(C)SCCn1cc(C(=O)O)nn1. The van der Waals surface area contributed by atoms with Crippen molar-refractivity contribution in [1.29, 1.82) is 0 Å². The molecule has 0 aliphatic rings. The number of thioether (sulfide) groups is 1. The first-order valence-corrected chi connectivity index (χ1v) is 5.39. The van der Waals surface area contributed by atoms with E-state index in [9.17, 15) is 4.79 Å². The number of carboxylic acid groups (broad SMARTS) is 1. The first kappa shape index (κ1) is 11.0. The van der Waals surface area contributed by atoms with Crippen molar-refractivity contribution in [1.82, 2.24) is 15.0 Å². The molecule has 0 radical (unpaired) electrons. The molecule has 5 nitrogen and oxygen atoms in total. The largest absolute Gasteiger partial charge is 0.476 e. The van der Waals surface area contributed by atoms with Gasteiger partial charge >= 0.3 is 5.97 Å². The van der Waals surface area contributed by atoms with Gasteiger partial charge in [0.05, 0.1) is 12.7 Å². The van der Waals surface area contributed by atoms with Crippen molar-refractivity contribution < 1.29 is 9.90 Å². The second-order valence-electron chi connectivity index (χ2n) is 3.09. The van der Waals surface area contributed by atoms with Crippen molar-refractivity contribution in [2.24, 2.45) is 0 Å². The first-order chi connectivity index (χ1) is 6.59. The maximum Gasteiger partial charge on any atom is 0.358 e. The lowest BCUT2D eigenvalue weighted by Gasteiger charge is -2.03. The Balaban J connectivity index is 2.40. The molecule has 1 rings (SSSR count). The van der Waals surface area contributed by atoms with E-state index in [1.165, 1.54) is 6.20 Å². The van der Waals surface area contributed by atoms with Gasteiger partial charge in [0.1, 0.15) is 0 Å². The van der Waals surface area contributed by atoms with Crippen LogP contribution in [0.25, 0.3) is 0 Å². The fraction of sp³-hybridized carbons (Fsp3) is 0.625. The molecule has 1 heterocycles. The Morgan fingerprint density at radius 3 is 2.93 bits per heavy atom. The third kappa shape index (κ3) is 3.37. The van der Waals surface area contributed by atoms with Gasteiger partial charge in [-0.15, -0.1) is 5.10 Å². The molecular weight excluding hydrogens is 202 g/mol. The zero-order valence-electron chi connectivity index (χ0n) is 8.17. The van der Waals surface area contributed by atoms with Crippen molar-refractivity contribution in [3.63, 3.8) is 0 Å². The second kappa shape index (κ2) is 4.99. The highest BCUT2D eigenvalue weighted by atomic mass is 32.2. The lowest BCUT2D eigenvalue weighted by Crippen LogP contribution is -2.03. The number of aromatic carboxylic acids is 1. The summed E-state index contributed by atoms with van der Waals surface area (Å²) in [5, 5.41) is 16.4. The van der Waals surface area contributed by atoms with Crippen LogP contribution in [0.1, 0.15) is 24.3 Å². The third-order valence-electron chi connectivity index (χ3n) is 1.53. The topological polar surface area (TPSA) is 68.0 Å². The summed E-state index contributed by atoms with van der Waals surface area (Å²) in [4.78, 5) is 10.5. The van der Waals surface area contributed by atoms with Gasteiger partial charge in [-0.05, 0) is 5.25 Å². The number of hydrogen-bond acceptors (Lipinski definition) is 4. The fourth-order valence-corrected chi connectivity index (χ4v) is 1.65. The number of aromatic nitrogens is 3. The molecular formula is C8H13N3O2S. The molecule has 0 unspecified atom stereocenters. The molecule has 0 aliphatic heterocycles. The van der Waals surface area contributed by atoms with E-state index in [-0.39, 0.29) is 5.69 Å². The average molecular weight is 215 g/mol. The van der Waals surface area contributed by atoms with E-state index in [4.69, 9.17) is 5.11 Å². The molecule has 0 bridgehead atoms. The molecule has 0 amide bonds. The standard InChI is InChI=1S/C8H13N3O2S/c1-6(2)14-4-3-11-5-7(8(12)13)9-10-11/h5-6H,3-4H2,1-2H3,(H,12,13). The smallest absolute Gasteiger partial charge is 0.358 e. The molecule has 1 aromatic rings. The van der Waals surface area contributed by atoms with E-state index in [0.29, 0.717) is 11.8 Å². The number of carboxylic acids is 1. The van der Waals surface area contributed by atoms with Crippen LogP contribution < -0.4 is 0 Å². The minimum absolute atomic E-state index is 0.000420. The second-order valence-corrected chi connectivity index (χ2v) is 4.78. The highest BCUT2D eigenvalue weighted by Crippen LogP contribution is 2.08. The first-order valence-electron chi connectivity index (χ1n) is 4.34. The summed E-state index contributed by atoms with van der Waals surface area (Å²) in [5.41, 5.74) is -0.000420. The van der Waals surface area contributed by atoms with Crippen LogP contribution in [-0.2, 0) is 6.54 Å². The summed E-state index contributed by atoms with van der Waals surface area (Å²) in [6.45, 7) is 4.94. The Labute approximate surface area is 86.5 Å². The number of aryl methyl sites for hydroxylation is 1. The number of hydrogen-bond donors (Lipinski definition) is 1. The lowest BCUT2D eigenvalue weighted by atomic mass is 10.5. The number of nitrogens with zero attached hydrogens (tertiary/aromatic N) is 3. The number of rotatable bonds is 5. The molecule has 1 N–H and O–H groups in total. The Kier molecular flexibility index (Phi) is 3.94. The Bertz CT molecular complexity index is 311. The van der Waals surface area contributed by atoms with Crippen LogP contribution in [0.4, 0.5) is 0 Å². The fourth-order valence-electron chi connectivity index (χ4n) is 0.888. The van der Waals surface area contributed by atoms with Crippen LogP contribution >= 0.6 is 11.8 Å². The average Bonchev–Trinajstić information content (AvgIpc) is 2.52. The van der Waals surface area contributed by atoms with Gasteiger partial charge in [0.15, 0.2) is 5.69 Å². The maximum absolute atomic E-state index is 10.5. The van der Waals surface area contributed by atoms with Crippen LogP contribution in [0.5, 0.6) is 0 Å². The Morgan fingerprint density at radius 1 is 1.71 bits per heavy atom. The van der Waals surface area contributed by atoms with Crippen molar-refractivity contribution >= 4 is 17.7 Å².